The zero-order valence-corrected chi connectivity index (χ0v) is 19.7. The monoisotopic (exact) mass is 483 g/mol. The Balaban J connectivity index is 1.36. The van der Waals surface area contributed by atoms with Crippen molar-refractivity contribution in [3.63, 3.8) is 0 Å². The van der Waals surface area contributed by atoms with Crippen LogP contribution in [-0.2, 0) is 9.47 Å². The molecule has 0 unspecified atom stereocenters. The lowest BCUT2D eigenvalue weighted by Gasteiger charge is -2.31. The highest BCUT2D eigenvalue weighted by Gasteiger charge is 2.17. The molecule has 3 heterocycles. The summed E-state index contributed by atoms with van der Waals surface area (Å²) in [5, 5.41) is 9.15. The Labute approximate surface area is 205 Å². The number of nitrogens with two attached hydrogens (primary N) is 1. The fraction of sp³-hybridized carbons (Fsp3) is 0.391. The average Bonchev–Trinajstić information content (AvgIpc) is 2.91. The summed E-state index contributed by atoms with van der Waals surface area (Å²) in [5.74, 6) is 1.09. The molecule has 6 N–H and O–H groups in total. The number of hydrogen-bond donors (Lipinski definition) is 5. The molecule has 0 amide bonds. The molecule has 1 fully saturated rings. The highest BCUT2D eigenvalue weighted by molar-refractivity contribution is 5.90. The van der Waals surface area contributed by atoms with Crippen molar-refractivity contribution in [2.75, 3.05) is 67.9 Å². The van der Waals surface area contributed by atoms with Crippen LogP contribution in [0.25, 0.3) is 0 Å². The van der Waals surface area contributed by atoms with Crippen LogP contribution >= 0.6 is 0 Å². The van der Waals surface area contributed by atoms with Gasteiger partial charge < -0.3 is 35.2 Å². The summed E-state index contributed by atoms with van der Waals surface area (Å²) in [4.78, 5) is 8.70. The van der Waals surface area contributed by atoms with E-state index in [1.54, 1.807) is 24.6 Å². The first-order valence-electron chi connectivity index (χ1n) is 11.6. The van der Waals surface area contributed by atoms with Gasteiger partial charge in [0.2, 0.25) is 5.96 Å². The van der Waals surface area contributed by atoms with E-state index in [-0.39, 0.29) is 5.96 Å². The fourth-order valence-corrected chi connectivity index (χ4v) is 3.74. The van der Waals surface area contributed by atoms with Crippen molar-refractivity contribution in [2.24, 2.45) is 5.73 Å². The van der Waals surface area contributed by atoms with E-state index in [4.69, 9.17) is 25.4 Å². The smallest absolute Gasteiger partial charge is 0.210 e. The summed E-state index contributed by atoms with van der Waals surface area (Å²) in [6, 6.07) is 11.3. The number of rotatable bonds is 11. The Bertz CT molecular complexity index is 970. The van der Waals surface area contributed by atoms with Crippen molar-refractivity contribution in [3.8, 4) is 5.75 Å². The summed E-state index contributed by atoms with van der Waals surface area (Å²) in [6.07, 6.45) is 6.26. The first-order chi connectivity index (χ1) is 17.2. The van der Waals surface area contributed by atoms with Gasteiger partial charge in [0.25, 0.3) is 0 Å². The van der Waals surface area contributed by atoms with E-state index in [0.29, 0.717) is 25.6 Å². The maximum Gasteiger partial charge on any atom is 0.210 e. The molecule has 2 aliphatic rings. The zero-order valence-electron chi connectivity index (χ0n) is 19.7. The summed E-state index contributed by atoms with van der Waals surface area (Å²) in [7, 11) is 0. The molecule has 0 saturated carbocycles. The van der Waals surface area contributed by atoms with E-state index < -0.39 is 0 Å². The average molecular weight is 484 g/mol. The second-order valence-corrected chi connectivity index (χ2v) is 7.94. The second kappa shape index (κ2) is 12.6. The molecule has 1 aromatic carbocycles. The third-order valence-corrected chi connectivity index (χ3v) is 5.53. The van der Waals surface area contributed by atoms with Crippen molar-refractivity contribution < 1.29 is 14.2 Å². The standard InChI is InChI=1S/C23H33N9O3/c24-23(25)32(22-4-1-2-7-26-22)29-28-27-20-6-5-19(18-21(20)31-11-16-34-17-12-31)35-13-3-8-30-9-14-33-15-10-30/h1-2,4-7,9,14,18,27-29H,3,8,10-13,15-17H2,(H3,24,25). The van der Waals surface area contributed by atoms with E-state index >= 15 is 0 Å². The van der Waals surface area contributed by atoms with Crippen molar-refractivity contribution in [3.05, 3.63) is 55.1 Å². The molecule has 0 radical (unpaired) electrons. The number of hydrogen-bond acceptors (Lipinski definition) is 10. The number of ether oxygens (including phenoxy) is 3. The summed E-state index contributed by atoms with van der Waals surface area (Å²) >= 11 is 0. The van der Waals surface area contributed by atoms with E-state index in [1.807, 2.05) is 30.5 Å². The molecule has 1 aromatic heterocycles. The Hall–Kier alpha value is -3.74. The lowest BCUT2D eigenvalue weighted by molar-refractivity contribution is 0.122. The topological polar surface area (TPSA) is 136 Å². The van der Waals surface area contributed by atoms with Gasteiger partial charge in [0.05, 0.1) is 44.0 Å². The van der Waals surface area contributed by atoms with Crippen molar-refractivity contribution in [1.82, 2.24) is 21.0 Å². The molecule has 0 bridgehead atoms. The van der Waals surface area contributed by atoms with Gasteiger partial charge >= 0.3 is 0 Å². The van der Waals surface area contributed by atoms with Gasteiger partial charge in [-0.2, -0.15) is 5.53 Å². The third-order valence-electron chi connectivity index (χ3n) is 5.53. The molecule has 12 nitrogen and oxygen atoms in total. The molecule has 188 valence electrons. The largest absolute Gasteiger partial charge is 0.498 e. The Morgan fingerprint density at radius 3 is 2.80 bits per heavy atom. The molecule has 1 saturated heterocycles. The summed E-state index contributed by atoms with van der Waals surface area (Å²) < 4.78 is 16.8. The van der Waals surface area contributed by atoms with Crippen molar-refractivity contribution >= 4 is 23.2 Å². The SMILES string of the molecule is N=C(N)N(NNNc1ccc(OCCCN2C=COCC2)cc1N1CCOCC1)c1ccccn1. The van der Waals surface area contributed by atoms with Crippen LogP contribution < -0.4 is 36.9 Å². The van der Waals surface area contributed by atoms with E-state index in [9.17, 15) is 0 Å². The van der Waals surface area contributed by atoms with Gasteiger partial charge in [0.1, 0.15) is 12.4 Å². The number of nitrogens with zero attached hydrogens (tertiary/aromatic N) is 4. The molecular weight excluding hydrogens is 450 g/mol. The highest BCUT2D eigenvalue weighted by Crippen LogP contribution is 2.31. The molecule has 0 atom stereocenters. The van der Waals surface area contributed by atoms with Gasteiger partial charge in [-0.05, 0) is 30.7 Å². The summed E-state index contributed by atoms with van der Waals surface area (Å²) in [6.45, 7) is 6.07. The second-order valence-electron chi connectivity index (χ2n) is 7.94. The minimum Gasteiger partial charge on any atom is -0.498 e. The lowest BCUT2D eigenvalue weighted by atomic mass is 10.2. The normalized spacial score (nSPS) is 15.4. The van der Waals surface area contributed by atoms with Crippen LogP contribution in [0.15, 0.2) is 55.1 Å². The first kappa shape index (κ1) is 24.4. The van der Waals surface area contributed by atoms with Crippen molar-refractivity contribution in [1.29, 1.82) is 5.41 Å². The predicted molar refractivity (Wildman–Crippen MR) is 135 cm³/mol. The number of nitrogens with one attached hydrogen (secondary N) is 4. The maximum atomic E-state index is 7.83. The fourth-order valence-electron chi connectivity index (χ4n) is 3.74. The first-order valence-corrected chi connectivity index (χ1v) is 11.6. The van der Waals surface area contributed by atoms with Crippen molar-refractivity contribution in [2.45, 2.75) is 6.42 Å². The number of pyridine rings is 1. The molecular formula is C23H33N9O3. The van der Waals surface area contributed by atoms with E-state index in [2.05, 4.69) is 31.3 Å². The number of anilines is 3. The molecule has 35 heavy (non-hydrogen) atoms. The van der Waals surface area contributed by atoms with Gasteiger partial charge in [-0.15, -0.1) is 5.53 Å². The van der Waals surface area contributed by atoms with E-state index in [1.165, 1.54) is 5.01 Å². The molecule has 0 spiro atoms. The molecule has 0 aliphatic carbocycles. The minimum absolute atomic E-state index is 0.206. The van der Waals surface area contributed by atoms with Gasteiger partial charge in [-0.25, -0.2) is 9.99 Å². The number of hydrazine groups is 3. The maximum absolute atomic E-state index is 7.83. The van der Waals surface area contributed by atoms with E-state index in [0.717, 1.165) is 56.3 Å². The minimum atomic E-state index is -0.206. The quantitative estimate of drug-likeness (QED) is 0.137. The highest BCUT2D eigenvalue weighted by atomic mass is 16.5. The molecule has 2 aliphatic heterocycles. The van der Waals surface area contributed by atoms with Crippen LogP contribution in [0.3, 0.4) is 0 Å². The van der Waals surface area contributed by atoms with Crippen LogP contribution in [0.5, 0.6) is 5.75 Å². The van der Waals surface area contributed by atoms with Crippen LogP contribution in [0, 0.1) is 5.41 Å². The van der Waals surface area contributed by atoms with Crippen LogP contribution in [0.1, 0.15) is 6.42 Å². The summed E-state index contributed by atoms with van der Waals surface area (Å²) in [5.41, 5.74) is 16.5. The van der Waals surface area contributed by atoms with Gasteiger partial charge in [0, 0.05) is 38.1 Å². The molecule has 4 rings (SSSR count). The Kier molecular flexibility index (Phi) is 8.81. The van der Waals surface area contributed by atoms with Crippen LogP contribution in [0.2, 0.25) is 0 Å². The number of morpholine rings is 1. The lowest BCUT2D eigenvalue weighted by Crippen LogP contribution is -2.55. The van der Waals surface area contributed by atoms with Gasteiger partial charge in [0.15, 0.2) is 5.82 Å². The van der Waals surface area contributed by atoms with Gasteiger partial charge in [-0.3, -0.25) is 5.41 Å². The number of aromatic nitrogens is 1. The number of benzene rings is 1. The molecule has 2 aromatic rings. The predicted octanol–water partition coefficient (Wildman–Crippen LogP) is 1.23. The third kappa shape index (κ3) is 7.12. The Morgan fingerprint density at radius 1 is 1.17 bits per heavy atom. The van der Waals surface area contributed by atoms with Crippen LogP contribution in [-0.4, -0.2) is 68.4 Å². The zero-order chi connectivity index (χ0) is 24.3. The van der Waals surface area contributed by atoms with Gasteiger partial charge in [-0.1, -0.05) is 6.07 Å². The van der Waals surface area contributed by atoms with Crippen LogP contribution in [0.4, 0.5) is 17.2 Å². The number of guanidine groups is 1. The Morgan fingerprint density at radius 2 is 2.06 bits per heavy atom. The molecule has 12 heteroatoms.